The SMILES string of the molecule is CC(C)(C)OC(=O)N1C(c2nnnn2CCC#N)CC2CCCCC21. The van der Waals surface area contributed by atoms with E-state index in [-0.39, 0.29) is 18.2 Å². The van der Waals surface area contributed by atoms with Gasteiger partial charge in [0.2, 0.25) is 0 Å². The van der Waals surface area contributed by atoms with Crippen molar-refractivity contribution < 1.29 is 9.53 Å². The predicted molar refractivity (Wildman–Crippen MR) is 89.2 cm³/mol. The molecule has 25 heavy (non-hydrogen) atoms. The molecular formula is C17H26N6O2. The van der Waals surface area contributed by atoms with E-state index in [1.807, 2.05) is 25.7 Å². The lowest BCUT2D eigenvalue weighted by Crippen LogP contribution is -2.43. The number of hydrogen-bond acceptors (Lipinski definition) is 6. The fourth-order valence-corrected chi connectivity index (χ4v) is 4.03. The van der Waals surface area contributed by atoms with Gasteiger partial charge in [-0.15, -0.1) is 5.10 Å². The smallest absolute Gasteiger partial charge is 0.411 e. The Morgan fingerprint density at radius 2 is 2.12 bits per heavy atom. The molecule has 3 rings (SSSR count). The lowest BCUT2D eigenvalue weighted by Gasteiger charge is -2.34. The van der Waals surface area contributed by atoms with Gasteiger partial charge in [-0.3, -0.25) is 4.90 Å². The molecule has 0 N–H and O–H groups in total. The highest BCUT2D eigenvalue weighted by Gasteiger charge is 2.48. The molecule has 1 saturated heterocycles. The summed E-state index contributed by atoms with van der Waals surface area (Å²) in [4.78, 5) is 14.8. The minimum atomic E-state index is -0.541. The van der Waals surface area contributed by atoms with E-state index in [1.54, 1.807) is 4.68 Å². The van der Waals surface area contributed by atoms with Crippen LogP contribution in [0.4, 0.5) is 4.79 Å². The number of hydrogen-bond donors (Lipinski definition) is 0. The van der Waals surface area contributed by atoms with Crippen LogP contribution in [0, 0.1) is 17.2 Å². The van der Waals surface area contributed by atoms with Gasteiger partial charge in [0, 0.05) is 6.04 Å². The van der Waals surface area contributed by atoms with Gasteiger partial charge in [-0.05, 0) is 56.4 Å². The zero-order valence-corrected chi connectivity index (χ0v) is 15.2. The van der Waals surface area contributed by atoms with Crippen LogP contribution in [0.3, 0.4) is 0 Å². The second-order valence-corrected chi connectivity index (χ2v) is 7.92. The van der Waals surface area contributed by atoms with E-state index < -0.39 is 5.60 Å². The minimum Gasteiger partial charge on any atom is -0.444 e. The summed E-state index contributed by atoms with van der Waals surface area (Å²) in [7, 11) is 0. The molecular weight excluding hydrogens is 320 g/mol. The third kappa shape index (κ3) is 3.75. The molecule has 2 aliphatic rings. The first-order valence-corrected chi connectivity index (χ1v) is 9.05. The Morgan fingerprint density at radius 1 is 1.36 bits per heavy atom. The van der Waals surface area contributed by atoms with Crippen LogP contribution in [0.25, 0.3) is 0 Å². The van der Waals surface area contributed by atoms with E-state index in [0.717, 1.165) is 25.7 Å². The molecule has 1 amide bonds. The highest BCUT2D eigenvalue weighted by molar-refractivity contribution is 5.69. The standard InChI is InChI=1S/C17H26N6O2/c1-17(2,3)25-16(24)23-13-8-5-4-7-12(13)11-14(23)15-19-20-21-22(15)10-6-9-18/h12-14H,4-8,10-11H2,1-3H3. The number of nitrogens with zero attached hydrogens (tertiary/aromatic N) is 6. The van der Waals surface area contributed by atoms with Gasteiger partial charge in [0.1, 0.15) is 5.60 Å². The van der Waals surface area contributed by atoms with Crippen molar-refractivity contribution in [2.24, 2.45) is 5.92 Å². The Morgan fingerprint density at radius 3 is 2.84 bits per heavy atom. The van der Waals surface area contributed by atoms with Crippen molar-refractivity contribution in [2.45, 2.75) is 83.5 Å². The van der Waals surface area contributed by atoms with Gasteiger partial charge < -0.3 is 4.74 Å². The Bertz CT molecular complexity index is 659. The number of nitriles is 1. The number of likely N-dealkylation sites (tertiary alicyclic amines) is 1. The van der Waals surface area contributed by atoms with E-state index in [4.69, 9.17) is 10.00 Å². The van der Waals surface area contributed by atoms with Crippen molar-refractivity contribution in [1.82, 2.24) is 25.1 Å². The van der Waals surface area contributed by atoms with Crippen LogP contribution in [0.15, 0.2) is 0 Å². The number of carbonyl (C=O) groups is 1. The van der Waals surface area contributed by atoms with E-state index in [2.05, 4.69) is 21.6 Å². The van der Waals surface area contributed by atoms with Crippen molar-refractivity contribution in [2.75, 3.05) is 0 Å². The van der Waals surface area contributed by atoms with E-state index in [9.17, 15) is 4.79 Å². The molecule has 3 atom stereocenters. The first-order chi connectivity index (χ1) is 11.9. The summed E-state index contributed by atoms with van der Waals surface area (Å²) in [6, 6.07) is 2.12. The fraction of sp³-hybridized carbons (Fsp3) is 0.824. The Hall–Kier alpha value is -2.17. The van der Waals surface area contributed by atoms with Gasteiger partial charge in [0.15, 0.2) is 5.82 Å². The number of ether oxygens (including phenoxy) is 1. The Kier molecular flexibility index (Phi) is 4.93. The van der Waals surface area contributed by atoms with Crippen LogP contribution in [-0.2, 0) is 11.3 Å². The lowest BCUT2D eigenvalue weighted by molar-refractivity contribution is 0.00909. The summed E-state index contributed by atoms with van der Waals surface area (Å²) in [5, 5.41) is 20.8. The lowest BCUT2D eigenvalue weighted by atomic mass is 9.85. The highest BCUT2D eigenvalue weighted by atomic mass is 16.6. The molecule has 1 saturated carbocycles. The van der Waals surface area contributed by atoms with E-state index >= 15 is 0 Å². The quantitative estimate of drug-likeness (QED) is 0.835. The Labute approximate surface area is 148 Å². The summed E-state index contributed by atoms with van der Waals surface area (Å²) in [6.07, 6.45) is 5.37. The molecule has 0 aromatic carbocycles. The van der Waals surface area contributed by atoms with Crippen LogP contribution in [0.2, 0.25) is 0 Å². The summed E-state index contributed by atoms with van der Waals surface area (Å²) in [5.74, 6) is 1.13. The Balaban J connectivity index is 1.89. The van der Waals surface area contributed by atoms with E-state index in [0.29, 0.717) is 24.7 Å². The second-order valence-electron chi connectivity index (χ2n) is 7.92. The molecule has 0 bridgehead atoms. The molecule has 2 heterocycles. The third-order valence-corrected chi connectivity index (χ3v) is 4.99. The summed E-state index contributed by atoms with van der Waals surface area (Å²) in [6.45, 7) is 6.08. The van der Waals surface area contributed by atoms with Gasteiger partial charge in [0.05, 0.1) is 25.1 Å². The molecule has 1 aromatic rings. The molecule has 136 valence electrons. The topological polar surface area (TPSA) is 96.9 Å². The number of aromatic nitrogens is 4. The minimum absolute atomic E-state index is 0.184. The first kappa shape index (κ1) is 17.6. The average molecular weight is 346 g/mol. The van der Waals surface area contributed by atoms with Crippen molar-refractivity contribution >= 4 is 6.09 Å². The van der Waals surface area contributed by atoms with Crippen LogP contribution in [0.5, 0.6) is 0 Å². The number of fused-ring (bicyclic) bond motifs is 1. The molecule has 0 spiro atoms. The monoisotopic (exact) mass is 346 g/mol. The van der Waals surface area contributed by atoms with Crippen LogP contribution in [0.1, 0.15) is 71.2 Å². The molecule has 8 nitrogen and oxygen atoms in total. The van der Waals surface area contributed by atoms with Crippen LogP contribution >= 0.6 is 0 Å². The van der Waals surface area contributed by atoms with Crippen LogP contribution in [-0.4, -0.2) is 42.8 Å². The maximum Gasteiger partial charge on any atom is 0.411 e. The highest BCUT2D eigenvalue weighted by Crippen LogP contribution is 2.46. The van der Waals surface area contributed by atoms with Crippen molar-refractivity contribution in [1.29, 1.82) is 5.26 Å². The average Bonchev–Trinajstić information content (AvgIpc) is 3.14. The third-order valence-electron chi connectivity index (χ3n) is 4.99. The van der Waals surface area contributed by atoms with Gasteiger partial charge in [-0.2, -0.15) is 5.26 Å². The van der Waals surface area contributed by atoms with Gasteiger partial charge >= 0.3 is 6.09 Å². The van der Waals surface area contributed by atoms with Gasteiger partial charge in [-0.25, -0.2) is 9.48 Å². The number of carbonyl (C=O) groups excluding carboxylic acids is 1. The van der Waals surface area contributed by atoms with Gasteiger partial charge in [-0.1, -0.05) is 12.8 Å². The molecule has 2 fully saturated rings. The van der Waals surface area contributed by atoms with Gasteiger partial charge in [0.25, 0.3) is 0 Å². The fourth-order valence-electron chi connectivity index (χ4n) is 4.03. The zero-order valence-electron chi connectivity index (χ0n) is 15.2. The molecule has 1 aliphatic heterocycles. The molecule has 0 radical (unpaired) electrons. The normalized spacial score (nSPS) is 26.2. The summed E-state index contributed by atoms with van der Waals surface area (Å²) in [5.41, 5.74) is -0.541. The number of aryl methyl sites for hydroxylation is 1. The van der Waals surface area contributed by atoms with Crippen molar-refractivity contribution in [3.8, 4) is 6.07 Å². The largest absolute Gasteiger partial charge is 0.444 e. The number of amides is 1. The van der Waals surface area contributed by atoms with Crippen LogP contribution < -0.4 is 0 Å². The summed E-state index contributed by atoms with van der Waals surface area (Å²) < 4.78 is 7.33. The van der Waals surface area contributed by atoms with Crippen molar-refractivity contribution in [3.05, 3.63) is 5.82 Å². The first-order valence-electron chi connectivity index (χ1n) is 9.05. The zero-order chi connectivity index (χ0) is 18.0. The second kappa shape index (κ2) is 6.98. The molecule has 1 aromatic heterocycles. The maximum absolute atomic E-state index is 12.9. The predicted octanol–water partition coefficient (Wildman–Crippen LogP) is 2.83. The number of rotatable bonds is 3. The number of tetrazole rings is 1. The molecule has 3 unspecified atom stereocenters. The van der Waals surface area contributed by atoms with Crippen molar-refractivity contribution in [3.63, 3.8) is 0 Å². The summed E-state index contributed by atoms with van der Waals surface area (Å²) >= 11 is 0. The van der Waals surface area contributed by atoms with E-state index in [1.165, 1.54) is 6.42 Å². The molecule has 1 aliphatic carbocycles. The molecule has 8 heteroatoms. The maximum atomic E-state index is 12.9.